The van der Waals surface area contributed by atoms with E-state index in [-0.39, 0.29) is 24.0 Å². The van der Waals surface area contributed by atoms with E-state index in [9.17, 15) is 14.0 Å². The molecule has 0 aromatic heterocycles. The maximum absolute atomic E-state index is 14.1. The van der Waals surface area contributed by atoms with E-state index in [0.29, 0.717) is 17.4 Å². The molecule has 1 N–H and O–H groups in total. The standard InChI is InChI=1S/C17H12FNO3/c18-14-7-12(8-15-17(14)22-10-16(21)19-15)13(9-20)6-11-4-2-1-3-5-11/h1-9H,10H2,(H,19,21). The Bertz CT molecular complexity index is 769. The highest BCUT2D eigenvalue weighted by Gasteiger charge is 2.21. The van der Waals surface area contributed by atoms with E-state index in [4.69, 9.17) is 4.74 Å². The van der Waals surface area contributed by atoms with Crippen LogP contribution in [0.15, 0.2) is 42.5 Å². The van der Waals surface area contributed by atoms with Crippen molar-refractivity contribution in [1.82, 2.24) is 0 Å². The second kappa shape index (κ2) is 5.81. The predicted octanol–water partition coefficient (Wildman–Crippen LogP) is 2.90. The van der Waals surface area contributed by atoms with Gasteiger partial charge in [-0.15, -0.1) is 0 Å². The molecule has 2 aromatic carbocycles. The summed E-state index contributed by atoms with van der Waals surface area (Å²) in [6.07, 6.45) is 2.30. The number of aldehydes is 1. The smallest absolute Gasteiger partial charge is 0.262 e. The van der Waals surface area contributed by atoms with E-state index in [1.165, 1.54) is 12.1 Å². The van der Waals surface area contributed by atoms with Gasteiger partial charge in [-0.05, 0) is 29.3 Å². The molecule has 0 atom stereocenters. The van der Waals surface area contributed by atoms with Crippen LogP contribution in [0.25, 0.3) is 11.6 Å². The van der Waals surface area contributed by atoms with Crippen molar-refractivity contribution in [3.05, 3.63) is 59.4 Å². The number of allylic oxidation sites excluding steroid dienone is 1. The maximum atomic E-state index is 14.1. The normalized spacial score (nSPS) is 13.9. The minimum atomic E-state index is -0.617. The number of nitrogens with one attached hydrogen (secondary N) is 1. The topological polar surface area (TPSA) is 55.4 Å². The highest BCUT2D eigenvalue weighted by molar-refractivity contribution is 6.14. The first-order valence-electron chi connectivity index (χ1n) is 6.66. The van der Waals surface area contributed by atoms with Crippen molar-refractivity contribution in [2.45, 2.75) is 0 Å². The Balaban J connectivity index is 2.05. The lowest BCUT2D eigenvalue weighted by Crippen LogP contribution is -2.26. The number of rotatable bonds is 3. The van der Waals surface area contributed by atoms with Crippen molar-refractivity contribution in [3.63, 3.8) is 0 Å². The molecule has 22 heavy (non-hydrogen) atoms. The largest absolute Gasteiger partial charge is 0.478 e. The summed E-state index contributed by atoms with van der Waals surface area (Å²) in [6, 6.07) is 12.0. The molecule has 0 saturated carbocycles. The molecule has 2 aromatic rings. The molecule has 110 valence electrons. The van der Waals surface area contributed by atoms with Crippen molar-refractivity contribution in [3.8, 4) is 5.75 Å². The Kier molecular flexibility index (Phi) is 3.70. The van der Waals surface area contributed by atoms with Gasteiger partial charge in [-0.1, -0.05) is 30.3 Å². The van der Waals surface area contributed by atoms with E-state index in [1.54, 1.807) is 6.08 Å². The van der Waals surface area contributed by atoms with Crippen molar-refractivity contribution in [2.24, 2.45) is 0 Å². The summed E-state index contributed by atoms with van der Waals surface area (Å²) in [5.74, 6) is -0.981. The van der Waals surface area contributed by atoms with Gasteiger partial charge in [0.15, 0.2) is 24.5 Å². The number of hydrogen-bond acceptors (Lipinski definition) is 3. The zero-order valence-electron chi connectivity index (χ0n) is 11.5. The summed E-state index contributed by atoms with van der Waals surface area (Å²) >= 11 is 0. The van der Waals surface area contributed by atoms with Crippen molar-refractivity contribution >= 4 is 29.5 Å². The first-order chi connectivity index (χ1) is 10.7. The van der Waals surface area contributed by atoms with Crippen LogP contribution in [0.5, 0.6) is 5.75 Å². The van der Waals surface area contributed by atoms with Crippen molar-refractivity contribution < 1.29 is 18.7 Å². The number of ether oxygens (including phenoxy) is 1. The number of benzene rings is 2. The Morgan fingerprint density at radius 1 is 1.23 bits per heavy atom. The van der Waals surface area contributed by atoms with E-state index >= 15 is 0 Å². The van der Waals surface area contributed by atoms with Gasteiger partial charge in [-0.25, -0.2) is 4.39 Å². The predicted molar refractivity (Wildman–Crippen MR) is 80.9 cm³/mol. The fraction of sp³-hybridized carbons (Fsp3) is 0.0588. The summed E-state index contributed by atoms with van der Waals surface area (Å²) in [5, 5.41) is 2.54. The van der Waals surface area contributed by atoms with Crippen LogP contribution >= 0.6 is 0 Å². The first-order valence-corrected chi connectivity index (χ1v) is 6.66. The molecule has 1 amide bonds. The minimum absolute atomic E-state index is 0.00619. The molecule has 0 aliphatic carbocycles. The molecule has 3 rings (SSSR count). The van der Waals surface area contributed by atoms with Gasteiger partial charge < -0.3 is 10.1 Å². The molecule has 0 bridgehead atoms. The van der Waals surface area contributed by atoms with Crippen LogP contribution in [0, 0.1) is 5.82 Å². The molecule has 0 saturated heterocycles. The Morgan fingerprint density at radius 3 is 2.73 bits per heavy atom. The van der Waals surface area contributed by atoms with Crippen LogP contribution in [-0.4, -0.2) is 18.8 Å². The maximum Gasteiger partial charge on any atom is 0.262 e. The molecule has 0 radical (unpaired) electrons. The zero-order valence-corrected chi connectivity index (χ0v) is 11.5. The third-order valence-corrected chi connectivity index (χ3v) is 3.25. The minimum Gasteiger partial charge on any atom is -0.478 e. The van der Waals surface area contributed by atoms with Gasteiger partial charge in [0.2, 0.25) is 0 Å². The molecule has 0 fully saturated rings. The molecule has 1 heterocycles. The summed E-state index contributed by atoms with van der Waals surface area (Å²) in [7, 11) is 0. The van der Waals surface area contributed by atoms with Gasteiger partial charge in [0.05, 0.1) is 5.69 Å². The van der Waals surface area contributed by atoms with Crippen LogP contribution in [0.1, 0.15) is 11.1 Å². The summed E-state index contributed by atoms with van der Waals surface area (Å²) < 4.78 is 19.1. The molecule has 4 nitrogen and oxygen atoms in total. The number of carbonyl (C=O) groups is 2. The van der Waals surface area contributed by atoms with E-state index < -0.39 is 5.82 Å². The first kappa shape index (κ1) is 14.0. The molecule has 1 aliphatic rings. The van der Waals surface area contributed by atoms with E-state index in [0.717, 1.165) is 5.56 Å². The van der Waals surface area contributed by atoms with Crippen molar-refractivity contribution in [2.75, 3.05) is 11.9 Å². The molecule has 1 aliphatic heterocycles. The molecular weight excluding hydrogens is 285 g/mol. The molecule has 0 spiro atoms. The lowest BCUT2D eigenvalue weighted by atomic mass is 10.0. The highest BCUT2D eigenvalue weighted by atomic mass is 19.1. The van der Waals surface area contributed by atoms with Gasteiger partial charge in [0.25, 0.3) is 5.91 Å². The third kappa shape index (κ3) is 2.74. The SMILES string of the molecule is O=CC(=Cc1ccccc1)c1cc(F)c2c(c1)NC(=O)CO2. The summed E-state index contributed by atoms with van der Waals surface area (Å²) in [6.45, 7) is -0.219. The Hall–Kier alpha value is -2.95. The van der Waals surface area contributed by atoms with Crippen LogP contribution in [0.3, 0.4) is 0 Å². The quantitative estimate of drug-likeness (QED) is 0.538. The van der Waals surface area contributed by atoms with Gasteiger partial charge in [-0.3, -0.25) is 9.59 Å². The number of halogens is 1. The number of amides is 1. The number of anilines is 1. The average molecular weight is 297 g/mol. The molecule has 0 unspecified atom stereocenters. The lowest BCUT2D eigenvalue weighted by Gasteiger charge is -2.19. The Morgan fingerprint density at radius 2 is 2.00 bits per heavy atom. The second-order valence-electron chi connectivity index (χ2n) is 4.80. The number of hydrogen-bond donors (Lipinski definition) is 1. The van der Waals surface area contributed by atoms with Gasteiger partial charge in [0, 0.05) is 5.57 Å². The zero-order chi connectivity index (χ0) is 15.5. The fourth-order valence-corrected chi connectivity index (χ4v) is 2.24. The summed E-state index contributed by atoms with van der Waals surface area (Å²) in [5.41, 5.74) is 1.74. The van der Waals surface area contributed by atoms with E-state index in [1.807, 2.05) is 30.3 Å². The van der Waals surface area contributed by atoms with Crippen LogP contribution in [0.4, 0.5) is 10.1 Å². The molecular formula is C17H12FNO3. The van der Waals surface area contributed by atoms with E-state index in [2.05, 4.69) is 5.32 Å². The van der Waals surface area contributed by atoms with Gasteiger partial charge >= 0.3 is 0 Å². The Labute approximate surface area is 126 Å². The van der Waals surface area contributed by atoms with Gasteiger partial charge in [0.1, 0.15) is 0 Å². The number of fused-ring (bicyclic) bond motifs is 1. The summed E-state index contributed by atoms with van der Waals surface area (Å²) in [4.78, 5) is 22.7. The lowest BCUT2D eigenvalue weighted by molar-refractivity contribution is -0.118. The van der Waals surface area contributed by atoms with Crippen molar-refractivity contribution in [1.29, 1.82) is 0 Å². The van der Waals surface area contributed by atoms with Crippen LogP contribution < -0.4 is 10.1 Å². The van der Waals surface area contributed by atoms with Gasteiger partial charge in [-0.2, -0.15) is 0 Å². The van der Waals surface area contributed by atoms with Crippen LogP contribution in [0.2, 0.25) is 0 Å². The fourth-order valence-electron chi connectivity index (χ4n) is 2.24. The highest BCUT2D eigenvalue weighted by Crippen LogP contribution is 2.34. The third-order valence-electron chi connectivity index (χ3n) is 3.25. The average Bonchev–Trinajstić information content (AvgIpc) is 2.53. The second-order valence-corrected chi connectivity index (χ2v) is 4.80. The monoisotopic (exact) mass is 297 g/mol. The molecule has 5 heteroatoms. The number of carbonyl (C=O) groups excluding carboxylic acids is 2. The van der Waals surface area contributed by atoms with Crippen LogP contribution in [-0.2, 0) is 9.59 Å².